The van der Waals surface area contributed by atoms with E-state index in [0.29, 0.717) is 5.70 Å². The van der Waals surface area contributed by atoms with E-state index in [1.54, 1.807) is 6.92 Å². The minimum Gasteiger partial charge on any atom is -0.397 e. The van der Waals surface area contributed by atoms with Crippen LogP contribution in [0.5, 0.6) is 0 Å². The minimum atomic E-state index is 0.0928. The minimum absolute atomic E-state index is 0.0928. The van der Waals surface area contributed by atoms with Crippen LogP contribution in [0.2, 0.25) is 0 Å². The first-order valence-electron chi connectivity index (χ1n) is 5.19. The van der Waals surface area contributed by atoms with E-state index >= 15 is 0 Å². The molecule has 2 N–H and O–H groups in total. The number of carbonyl (C=O) groups is 1. The van der Waals surface area contributed by atoms with Gasteiger partial charge < -0.3 is 10.3 Å². The first kappa shape index (κ1) is 10.0. The molecule has 0 unspecified atom stereocenters. The Bertz CT molecular complexity index is 466. The molecule has 1 aliphatic rings. The molecule has 0 radical (unpaired) electrons. The zero-order valence-corrected chi connectivity index (χ0v) is 9.42. The summed E-state index contributed by atoms with van der Waals surface area (Å²) in [5.41, 5.74) is 10.9. The maximum Gasteiger partial charge on any atom is 0.157 e. The van der Waals surface area contributed by atoms with Crippen molar-refractivity contribution in [3.8, 4) is 0 Å². The Morgan fingerprint density at radius 3 is 2.73 bits per heavy atom. The highest BCUT2D eigenvalue weighted by Gasteiger charge is 2.21. The summed E-state index contributed by atoms with van der Waals surface area (Å²) in [5, 5.41) is 0. The molecule has 3 nitrogen and oxygen atoms in total. The Morgan fingerprint density at radius 2 is 2.13 bits per heavy atom. The molecule has 0 bridgehead atoms. The molecule has 1 aromatic rings. The van der Waals surface area contributed by atoms with E-state index in [1.807, 2.05) is 0 Å². The third-order valence-corrected chi connectivity index (χ3v) is 3.23. The lowest BCUT2D eigenvalue weighted by molar-refractivity contribution is -0.113. The Hall–Kier alpha value is -1.51. The summed E-state index contributed by atoms with van der Waals surface area (Å²) in [6, 6.07) is 2.06. The van der Waals surface area contributed by atoms with Crippen molar-refractivity contribution in [3.63, 3.8) is 0 Å². The fourth-order valence-corrected chi connectivity index (χ4v) is 2.17. The molecule has 0 spiro atoms. The standard InChI is InChI=1S/C12H16N2O/c1-7-6-11-12(13)10(9(3)15)4-5-14(11)8(7)2/h6H,4-5,13H2,1-3H3. The topological polar surface area (TPSA) is 48.0 Å². The van der Waals surface area contributed by atoms with Crippen molar-refractivity contribution in [1.29, 1.82) is 0 Å². The second kappa shape index (κ2) is 3.26. The summed E-state index contributed by atoms with van der Waals surface area (Å²) in [7, 11) is 0. The molecule has 1 aliphatic heterocycles. The number of hydrogen-bond donors (Lipinski definition) is 1. The molecule has 0 atom stereocenters. The van der Waals surface area contributed by atoms with Gasteiger partial charge in [-0.25, -0.2) is 0 Å². The van der Waals surface area contributed by atoms with Crippen molar-refractivity contribution in [1.82, 2.24) is 4.57 Å². The van der Waals surface area contributed by atoms with Gasteiger partial charge in [0.1, 0.15) is 0 Å². The van der Waals surface area contributed by atoms with Gasteiger partial charge in [0, 0.05) is 17.8 Å². The third kappa shape index (κ3) is 1.39. The van der Waals surface area contributed by atoms with Crippen molar-refractivity contribution in [2.75, 3.05) is 0 Å². The number of aryl methyl sites for hydroxylation is 1. The first-order valence-corrected chi connectivity index (χ1v) is 5.19. The number of fused-ring (bicyclic) bond motifs is 1. The predicted octanol–water partition coefficient (Wildman–Crippen LogP) is 1.77. The van der Waals surface area contributed by atoms with Gasteiger partial charge >= 0.3 is 0 Å². The molecule has 0 aliphatic carbocycles. The normalized spacial score (nSPS) is 15.4. The molecule has 0 saturated heterocycles. The molecule has 0 amide bonds. The molecule has 15 heavy (non-hydrogen) atoms. The number of ketones is 1. The molecular formula is C12H16N2O. The molecule has 80 valence electrons. The van der Waals surface area contributed by atoms with E-state index in [-0.39, 0.29) is 5.78 Å². The first-order chi connectivity index (χ1) is 7.02. The Morgan fingerprint density at radius 1 is 1.47 bits per heavy atom. The van der Waals surface area contributed by atoms with Gasteiger partial charge in [-0.05, 0) is 38.8 Å². The van der Waals surface area contributed by atoms with Crippen LogP contribution in [0, 0.1) is 13.8 Å². The zero-order valence-electron chi connectivity index (χ0n) is 9.42. The highest BCUT2D eigenvalue weighted by atomic mass is 16.1. The van der Waals surface area contributed by atoms with E-state index < -0.39 is 0 Å². The van der Waals surface area contributed by atoms with E-state index in [1.165, 1.54) is 11.3 Å². The van der Waals surface area contributed by atoms with E-state index in [9.17, 15) is 4.79 Å². The Labute approximate surface area is 89.6 Å². The third-order valence-electron chi connectivity index (χ3n) is 3.23. The van der Waals surface area contributed by atoms with Crippen LogP contribution in [0.4, 0.5) is 0 Å². The number of nitrogens with zero attached hydrogens (tertiary/aromatic N) is 1. The average Bonchev–Trinajstić information content (AvgIpc) is 2.45. The zero-order chi connectivity index (χ0) is 11.2. The van der Waals surface area contributed by atoms with Gasteiger partial charge in [-0.15, -0.1) is 0 Å². The Balaban J connectivity index is 2.61. The van der Waals surface area contributed by atoms with Gasteiger partial charge in [0.25, 0.3) is 0 Å². The SMILES string of the molecule is CC(=O)C1=C(N)c2cc(C)c(C)n2CC1. The number of Topliss-reactive ketones (excluding diaryl/α,β-unsaturated/α-hetero) is 1. The van der Waals surface area contributed by atoms with Crippen molar-refractivity contribution in [2.24, 2.45) is 5.73 Å². The summed E-state index contributed by atoms with van der Waals surface area (Å²) >= 11 is 0. The van der Waals surface area contributed by atoms with Crippen LogP contribution in [0.15, 0.2) is 11.6 Å². The number of nitrogens with two attached hydrogens (primary N) is 1. The van der Waals surface area contributed by atoms with Gasteiger partial charge in [-0.2, -0.15) is 0 Å². The van der Waals surface area contributed by atoms with Crippen molar-refractivity contribution in [2.45, 2.75) is 33.7 Å². The van der Waals surface area contributed by atoms with E-state index in [0.717, 1.165) is 24.2 Å². The number of allylic oxidation sites excluding steroid dienone is 1. The molecule has 1 aromatic heterocycles. The largest absolute Gasteiger partial charge is 0.397 e. The number of rotatable bonds is 1. The molecule has 0 aromatic carbocycles. The monoisotopic (exact) mass is 204 g/mol. The molecule has 2 heterocycles. The molecule has 0 saturated carbocycles. The number of aromatic nitrogens is 1. The number of hydrogen-bond acceptors (Lipinski definition) is 2. The van der Waals surface area contributed by atoms with Gasteiger partial charge in [0.2, 0.25) is 0 Å². The van der Waals surface area contributed by atoms with Crippen LogP contribution in [0.3, 0.4) is 0 Å². The summed E-state index contributed by atoms with van der Waals surface area (Å²) in [4.78, 5) is 11.4. The summed E-state index contributed by atoms with van der Waals surface area (Å²) in [5.74, 6) is 0.0928. The second-order valence-electron chi connectivity index (χ2n) is 4.15. The van der Waals surface area contributed by atoms with Crippen LogP contribution in [0.1, 0.15) is 30.3 Å². The van der Waals surface area contributed by atoms with E-state index in [4.69, 9.17) is 5.73 Å². The molecular weight excluding hydrogens is 188 g/mol. The van der Waals surface area contributed by atoms with Crippen molar-refractivity contribution >= 4 is 11.5 Å². The average molecular weight is 204 g/mol. The van der Waals surface area contributed by atoms with Crippen LogP contribution < -0.4 is 5.73 Å². The maximum absolute atomic E-state index is 11.4. The molecule has 3 heteroatoms. The van der Waals surface area contributed by atoms with Crippen LogP contribution in [0.25, 0.3) is 5.70 Å². The lowest BCUT2D eigenvalue weighted by atomic mass is 10.0. The predicted molar refractivity (Wildman–Crippen MR) is 60.3 cm³/mol. The Kier molecular flexibility index (Phi) is 2.18. The van der Waals surface area contributed by atoms with Gasteiger partial charge in [0.05, 0.1) is 11.4 Å². The maximum atomic E-state index is 11.4. The van der Waals surface area contributed by atoms with Crippen molar-refractivity contribution < 1.29 is 4.79 Å². The fourth-order valence-electron chi connectivity index (χ4n) is 2.17. The quantitative estimate of drug-likeness (QED) is 0.757. The van der Waals surface area contributed by atoms with Crippen LogP contribution in [-0.2, 0) is 11.3 Å². The summed E-state index contributed by atoms with van der Waals surface area (Å²) in [6.45, 7) is 6.61. The fraction of sp³-hybridized carbons (Fsp3) is 0.417. The van der Waals surface area contributed by atoms with E-state index in [2.05, 4.69) is 24.5 Å². The van der Waals surface area contributed by atoms with Gasteiger partial charge in [0.15, 0.2) is 5.78 Å². The lowest BCUT2D eigenvalue weighted by Crippen LogP contribution is -2.19. The highest BCUT2D eigenvalue weighted by Crippen LogP contribution is 2.28. The summed E-state index contributed by atoms with van der Waals surface area (Å²) in [6.07, 6.45) is 0.753. The van der Waals surface area contributed by atoms with Crippen LogP contribution >= 0.6 is 0 Å². The molecule has 0 fully saturated rings. The van der Waals surface area contributed by atoms with Gasteiger partial charge in [-0.1, -0.05) is 0 Å². The van der Waals surface area contributed by atoms with Gasteiger partial charge in [-0.3, -0.25) is 4.79 Å². The van der Waals surface area contributed by atoms with Crippen LogP contribution in [-0.4, -0.2) is 10.4 Å². The summed E-state index contributed by atoms with van der Waals surface area (Å²) < 4.78 is 2.19. The second-order valence-corrected chi connectivity index (χ2v) is 4.15. The molecule has 2 rings (SSSR count). The number of carbonyl (C=O) groups excluding carboxylic acids is 1. The lowest BCUT2D eigenvalue weighted by Gasteiger charge is -2.20. The highest BCUT2D eigenvalue weighted by molar-refractivity contribution is 6.00. The van der Waals surface area contributed by atoms with Crippen molar-refractivity contribution in [3.05, 3.63) is 28.6 Å². The smallest absolute Gasteiger partial charge is 0.157 e.